The van der Waals surface area contributed by atoms with E-state index in [1.807, 2.05) is 25.7 Å². The molecule has 6 aliphatic rings. The molecule has 0 radical (unpaired) electrons. The largest absolute Gasteiger partial charge is 0.444 e. The molecule has 1 atom stereocenters. The molecule has 2 amide bonds. The molecular weight excluding hydrogens is 406 g/mol. The Morgan fingerprint density at radius 3 is 2.12 bits per heavy atom. The maximum absolute atomic E-state index is 13.3. The molecule has 6 fully saturated rings. The topological polar surface area (TPSA) is 71.1 Å². The standard InChI is InChI=1S/C25H41N3O4/c1-24(2,3)32-23(30)27-6-4-20(5-7-27)28-8-9-31-21(16-28)22(29)26-25-13-17-10-18(14-25)12-19(11-17)15-25/h17-21H,4-16H2,1-3H3,(H,26,29). The molecule has 4 aliphatic carbocycles. The zero-order valence-corrected chi connectivity index (χ0v) is 20.1. The Balaban J connectivity index is 1.13. The molecule has 1 N–H and O–H groups in total. The molecule has 4 saturated carbocycles. The first-order chi connectivity index (χ1) is 15.2. The summed E-state index contributed by atoms with van der Waals surface area (Å²) < 4.78 is 11.5. The lowest BCUT2D eigenvalue weighted by molar-refractivity contribution is -0.145. The first kappa shape index (κ1) is 22.5. The van der Waals surface area contributed by atoms with Crippen molar-refractivity contribution in [2.75, 3.05) is 32.8 Å². The van der Waals surface area contributed by atoms with Gasteiger partial charge in [-0.1, -0.05) is 0 Å². The zero-order valence-electron chi connectivity index (χ0n) is 20.1. The third kappa shape index (κ3) is 4.79. The van der Waals surface area contributed by atoms with Gasteiger partial charge in [0.15, 0.2) is 0 Å². The fourth-order valence-corrected chi connectivity index (χ4v) is 7.51. The van der Waals surface area contributed by atoms with Gasteiger partial charge in [0.2, 0.25) is 0 Å². The number of piperidine rings is 1. The van der Waals surface area contributed by atoms with E-state index in [0.29, 0.717) is 32.3 Å². The van der Waals surface area contributed by atoms with Crippen molar-refractivity contribution in [2.24, 2.45) is 17.8 Å². The molecular formula is C25H41N3O4. The lowest BCUT2D eigenvalue weighted by Crippen LogP contribution is -2.63. The minimum absolute atomic E-state index is 0.0379. The predicted molar refractivity (Wildman–Crippen MR) is 121 cm³/mol. The molecule has 6 rings (SSSR count). The highest BCUT2D eigenvalue weighted by atomic mass is 16.6. The van der Waals surface area contributed by atoms with E-state index in [9.17, 15) is 9.59 Å². The molecule has 0 aromatic carbocycles. The highest BCUT2D eigenvalue weighted by Crippen LogP contribution is 2.55. The first-order valence-electron chi connectivity index (χ1n) is 12.8. The van der Waals surface area contributed by atoms with Crippen molar-refractivity contribution in [3.63, 3.8) is 0 Å². The second kappa shape index (κ2) is 8.46. The number of nitrogens with one attached hydrogen (secondary N) is 1. The normalized spacial score (nSPS) is 38.0. The second-order valence-electron chi connectivity index (χ2n) is 12.2. The molecule has 0 aromatic heterocycles. The van der Waals surface area contributed by atoms with Crippen molar-refractivity contribution < 1.29 is 19.1 Å². The van der Waals surface area contributed by atoms with Gasteiger partial charge in [0.25, 0.3) is 5.91 Å². The van der Waals surface area contributed by atoms with E-state index in [1.165, 1.54) is 38.5 Å². The molecule has 2 saturated heterocycles. The highest BCUT2D eigenvalue weighted by molar-refractivity contribution is 5.82. The van der Waals surface area contributed by atoms with Crippen molar-refractivity contribution in [2.45, 2.75) is 95.4 Å². The molecule has 32 heavy (non-hydrogen) atoms. The summed E-state index contributed by atoms with van der Waals surface area (Å²) in [6.07, 6.45) is 8.90. The first-order valence-corrected chi connectivity index (χ1v) is 12.8. The summed E-state index contributed by atoms with van der Waals surface area (Å²) in [5.74, 6) is 2.56. The minimum atomic E-state index is -0.463. The summed E-state index contributed by atoms with van der Waals surface area (Å²) in [4.78, 5) is 29.8. The summed E-state index contributed by atoms with van der Waals surface area (Å²) in [7, 11) is 0. The van der Waals surface area contributed by atoms with Crippen LogP contribution in [0.3, 0.4) is 0 Å². The van der Waals surface area contributed by atoms with Gasteiger partial charge in [-0.25, -0.2) is 4.79 Å². The molecule has 2 aliphatic heterocycles. The molecule has 0 aromatic rings. The summed E-state index contributed by atoms with van der Waals surface area (Å²) in [6, 6.07) is 0.396. The van der Waals surface area contributed by atoms with E-state index in [1.54, 1.807) is 0 Å². The number of rotatable bonds is 3. The van der Waals surface area contributed by atoms with Crippen LogP contribution in [-0.2, 0) is 14.3 Å². The van der Waals surface area contributed by atoms with Crippen molar-refractivity contribution in [1.82, 2.24) is 15.1 Å². The predicted octanol–water partition coefficient (Wildman–Crippen LogP) is 3.17. The summed E-state index contributed by atoms with van der Waals surface area (Å²) >= 11 is 0. The fraction of sp³-hybridized carbons (Fsp3) is 0.920. The van der Waals surface area contributed by atoms with Crippen LogP contribution in [0.5, 0.6) is 0 Å². The summed E-state index contributed by atoms with van der Waals surface area (Å²) in [5, 5.41) is 3.50. The van der Waals surface area contributed by atoms with Crippen LogP contribution in [0.1, 0.15) is 72.1 Å². The highest BCUT2D eigenvalue weighted by Gasteiger charge is 2.52. The lowest BCUT2D eigenvalue weighted by Gasteiger charge is -2.57. The number of hydrogen-bond donors (Lipinski definition) is 1. The average molecular weight is 448 g/mol. The van der Waals surface area contributed by atoms with E-state index >= 15 is 0 Å². The van der Waals surface area contributed by atoms with Gasteiger partial charge in [-0.3, -0.25) is 9.69 Å². The minimum Gasteiger partial charge on any atom is -0.444 e. The third-order valence-electron chi connectivity index (χ3n) is 8.45. The van der Waals surface area contributed by atoms with Crippen LogP contribution < -0.4 is 5.32 Å². The van der Waals surface area contributed by atoms with E-state index in [4.69, 9.17) is 9.47 Å². The molecule has 7 heteroatoms. The van der Waals surface area contributed by atoms with Gasteiger partial charge in [0.05, 0.1) is 6.61 Å². The van der Waals surface area contributed by atoms with Crippen LogP contribution in [0.25, 0.3) is 0 Å². The number of ether oxygens (including phenoxy) is 2. The smallest absolute Gasteiger partial charge is 0.410 e. The van der Waals surface area contributed by atoms with Gasteiger partial charge >= 0.3 is 6.09 Å². The van der Waals surface area contributed by atoms with Crippen LogP contribution >= 0.6 is 0 Å². The Bertz CT molecular complexity index is 690. The van der Waals surface area contributed by atoms with Gasteiger partial charge in [-0.2, -0.15) is 0 Å². The molecule has 2 heterocycles. The quantitative estimate of drug-likeness (QED) is 0.720. The molecule has 4 bridgehead atoms. The fourth-order valence-electron chi connectivity index (χ4n) is 7.51. The Morgan fingerprint density at radius 2 is 1.56 bits per heavy atom. The monoisotopic (exact) mass is 447 g/mol. The summed E-state index contributed by atoms with van der Waals surface area (Å²) in [6.45, 7) is 9.25. The summed E-state index contributed by atoms with van der Waals surface area (Å²) in [5.41, 5.74) is -0.425. The third-order valence-corrected chi connectivity index (χ3v) is 8.45. The SMILES string of the molecule is CC(C)(C)OC(=O)N1CCC(N2CCOC(C(=O)NC34CC5CC(CC(C5)C3)C4)C2)CC1. The zero-order chi connectivity index (χ0) is 22.5. The van der Waals surface area contributed by atoms with Crippen LogP contribution in [0, 0.1) is 17.8 Å². The van der Waals surface area contributed by atoms with E-state index in [-0.39, 0.29) is 23.6 Å². The number of carbonyl (C=O) groups excluding carboxylic acids is 2. The van der Waals surface area contributed by atoms with Crippen LogP contribution in [-0.4, -0.2) is 77.9 Å². The number of nitrogens with zero attached hydrogens (tertiary/aromatic N) is 2. The number of likely N-dealkylation sites (tertiary alicyclic amines) is 1. The Labute approximate surface area is 192 Å². The van der Waals surface area contributed by atoms with Gasteiger partial charge < -0.3 is 19.7 Å². The van der Waals surface area contributed by atoms with E-state index in [2.05, 4.69) is 10.2 Å². The van der Waals surface area contributed by atoms with Crippen LogP contribution in [0.2, 0.25) is 0 Å². The van der Waals surface area contributed by atoms with Crippen molar-refractivity contribution in [3.05, 3.63) is 0 Å². The maximum atomic E-state index is 13.3. The van der Waals surface area contributed by atoms with Gasteiger partial charge in [0, 0.05) is 37.8 Å². The number of hydrogen-bond acceptors (Lipinski definition) is 5. The van der Waals surface area contributed by atoms with Crippen molar-refractivity contribution >= 4 is 12.0 Å². The van der Waals surface area contributed by atoms with E-state index in [0.717, 1.165) is 37.1 Å². The molecule has 180 valence electrons. The second-order valence-corrected chi connectivity index (χ2v) is 12.2. The van der Waals surface area contributed by atoms with Gasteiger partial charge in [-0.05, 0) is 89.9 Å². The Kier molecular flexibility index (Phi) is 5.94. The number of amides is 2. The maximum Gasteiger partial charge on any atom is 0.410 e. The Hall–Kier alpha value is -1.34. The van der Waals surface area contributed by atoms with Crippen molar-refractivity contribution in [3.8, 4) is 0 Å². The van der Waals surface area contributed by atoms with Crippen LogP contribution in [0.4, 0.5) is 4.79 Å². The van der Waals surface area contributed by atoms with Crippen LogP contribution in [0.15, 0.2) is 0 Å². The van der Waals surface area contributed by atoms with Gasteiger partial charge in [0.1, 0.15) is 11.7 Å². The molecule has 1 unspecified atom stereocenters. The van der Waals surface area contributed by atoms with E-state index < -0.39 is 5.60 Å². The molecule has 7 nitrogen and oxygen atoms in total. The van der Waals surface area contributed by atoms with Gasteiger partial charge in [-0.15, -0.1) is 0 Å². The van der Waals surface area contributed by atoms with Crippen molar-refractivity contribution in [1.29, 1.82) is 0 Å². The number of morpholine rings is 1. The average Bonchev–Trinajstić information content (AvgIpc) is 2.71. The Morgan fingerprint density at radius 1 is 0.969 bits per heavy atom. The number of carbonyl (C=O) groups is 2. The lowest BCUT2D eigenvalue weighted by atomic mass is 9.53. The molecule has 0 spiro atoms.